The second kappa shape index (κ2) is 14.4. The number of allylic oxidation sites excluding steroid dienone is 2. The average Bonchev–Trinajstić information content (AvgIpc) is 3.34. The van der Waals surface area contributed by atoms with Crippen LogP contribution in [0.5, 0.6) is 0 Å². The summed E-state index contributed by atoms with van der Waals surface area (Å²) in [4.78, 5) is 29.2. The molecule has 0 bridgehead atoms. The monoisotopic (exact) mass is 618 g/mol. The second-order valence-electron chi connectivity index (χ2n) is 13.7. The zero-order valence-corrected chi connectivity index (χ0v) is 27.7. The van der Waals surface area contributed by atoms with Crippen LogP contribution in [0.2, 0.25) is 0 Å². The van der Waals surface area contributed by atoms with Gasteiger partial charge < -0.3 is 35.4 Å². The minimum atomic E-state index is -1.30. The fourth-order valence-corrected chi connectivity index (χ4v) is 7.87. The van der Waals surface area contributed by atoms with Crippen molar-refractivity contribution in [1.29, 1.82) is 0 Å². The Hall–Kier alpha value is -2.36. The van der Waals surface area contributed by atoms with Crippen LogP contribution in [0, 0.1) is 29.6 Å². The molecule has 2 aliphatic heterocycles. The first-order valence-electron chi connectivity index (χ1n) is 16.5. The summed E-state index contributed by atoms with van der Waals surface area (Å²) in [7, 11) is 0. The van der Waals surface area contributed by atoms with Gasteiger partial charge >= 0.3 is 5.97 Å². The van der Waals surface area contributed by atoms with Crippen molar-refractivity contribution < 1.29 is 44.3 Å². The molecule has 2 fully saturated rings. The minimum absolute atomic E-state index is 0.0634. The molecule has 0 amide bonds. The molecule has 11 unspecified atom stereocenters. The summed E-state index contributed by atoms with van der Waals surface area (Å²) in [6, 6.07) is 0. The van der Waals surface area contributed by atoms with Gasteiger partial charge in [-0.2, -0.15) is 4.79 Å². The lowest BCUT2D eigenvalue weighted by Crippen LogP contribution is -2.55. The lowest BCUT2D eigenvalue weighted by Gasteiger charge is -2.47. The average molecular weight is 619 g/mol. The van der Waals surface area contributed by atoms with Crippen molar-refractivity contribution in [3.8, 4) is 0 Å². The molecule has 0 aromatic rings. The maximum Gasteiger partial charge on any atom is 0.336 e. The van der Waals surface area contributed by atoms with Crippen LogP contribution in [0.1, 0.15) is 107 Å². The quantitative estimate of drug-likeness (QED) is 0.157. The van der Waals surface area contributed by atoms with Gasteiger partial charge in [0.05, 0.1) is 47.1 Å². The summed E-state index contributed by atoms with van der Waals surface area (Å²) >= 11 is 0. The third kappa shape index (κ3) is 6.90. The largest absolute Gasteiger partial charge is 0.507 e. The molecular formula is C34H54N2O8. The Labute approximate surface area is 262 Å². The number of nitrogens with zero attached hydrogens (tertiary/aromatic N) is 2. The number of aliphatic hydroxyl groups excluding tert-OH is 2. The van der Waals surface area contributed by atoms with Crippen molar-refractivity contribution in [2.75, 3.05) is 0 Å². The van der Waals surface area contributed by atoms with Crippen LogP contribution in [0.3, 0.4) is 0 Å². The summed E-state index contributed by atoms with van der Waals surface area (Å²) in [5, 5.41) is 42.4. The van der Waals surface area contributed by atoms with E-state index in [9.17, 15) is 35.5 Å². The van der Waals surface area contributed by atoms with E-state index < -0.39 is 41.0 Å². The number of carbonyl (C=O) groups excluding carboxylic acids is 1. The number of ketones is 1. The van der Waals surface area contributed by atoms with Gasteiger partial charge in [0, 0.05) is 17.9 Å². The fourth-order valence-electron chi connectivity index (χ4n) is 7.87. The van der Waals surface area contributed by atoms with E-state index in [1.54, 1.807) is 6.92 Å². The Morgan fingerprint density at radius 2 is 1.84 bits per heavy atom. The maximum atomic E-state index is 13.9. The van der Waals surface area contributed by atoms with Crippen molar-refractivity contribution in [3.63, 3.8) is 0 Å². The number of aliphatic hydroxyl groups is 3. The van der Waals surface area contributed by atoms with Gasteiger partial charge in [-0.25, -0.2) is 4.79 Å². The molecular weight excluding hydrogens is 564 g/mol. The molecule has 0 saturated carbocycles. The molecule has 3 aliphatic rings. The molecule has 0 spiro atoms. The molecule has 3 rings (SSSR count). The van der Waals surface area contributed by atoms with E-state index in [4.69, 9.17) is 9.47 Å². The topological polar surface area (TPSA) is 170 Å². The van der Waals surface area contributed by atoms with E-state index in [0.29, 0.717) is 37.7 Å². The highest BCUT2D eigenvalue weighted by molar-refractivity contribution is 6.05. The Balaban J connectivity index is 1.71. The zero-order valence-electron chi connectivity index (χ0n) is 27.7. The van der Waals surface area contributed by atoms with Crippen molar-refractivity contribution in [2.24, 2.45) is 29.6 Å². The highest BCUT2D eigenvalue weighted by Gasteiger charge is 2.55. The van der Waals surface area contributed by atoms with Crippen LogP contribution in [-0.2, 0) is 19.1 Å². The maximum absolute atomic E-state index is 13.9. The van der Waals surface area contributed by atoms with Gasteiger partial charge in [-0.1, -0.05) is 41.5 Å². The first-order valence-corrected chi connectivity index (χ1v) is 16.5. The van der Waals surface area contributed by atoms with Crippen molar-refractivity contribution >= 4 is 17.5 Å². The van der Waals surface area contributed by atoms with Crippen LogP contribution in [0.25, 0.3) is 5.53 Å². The van der Waals surface area contributed by atoms with Crippen LogP contribution in [-0.4, -0.2) is 78.3 Å². The lowest BCUT2D eigenvalue weighted by atomic mass is 9.75. The molecule has 4 N–H and O–H groups in total. The number of hydrogen-bond donors (Lipinski definition) is 4. The van der Waals surface area contributed by atoms with Gasteiger partial charge in [-0.3, -0.25) is 4.79 Å². The summed E-state index contributed by atoms with van der Waals surface area (Å²) in [5.41, 5.74) is 8.33. The van der Waals surface area contributed by atoms with E-state index in [2.05, 4.69) is 18.6 Å². The van der Waals surface area contributed by atoms with E-state index in [0.717, 1.165) is 12.8 Å². The van der Waals surface area contributed by atoms with Gasteiger partial charge in [0.15, 0.2) is 0 Å². The number of ether oxygens (including phenoxy) is 2. The number of carbonyl (C=O) groups is 2. The Morgan fingerprint density at radius 1 is 1.18 bits per heavy atom. The summed E-state index contributed by atoms with van der Waals surface area (Å²) in [6.45, 7) is 15.1. The van der Waals surface area contributed by atoms with Crippen LogP contribution in [0.4, 0.5) is 0 Å². The van der Waals surface area contributed by atoms with Gasteiger partial charge in [0.25, 0.3) is 5.71 Å². The van der Waals surface area contributed by atoms with Crippen LogP contribution >= 0.6 is 0 Å². The third-order valence-electron chi connectivity index (χ3n) is 11.1. The predicted octanol–water partition coefficient (Wildman–Crippen LogP) is 5.42. The Kier molecular flexibility index (Phi) is 11.8. The molecule has 44 heavy (non-hydrogen) atoms. The highest BCUT2D eigenvalue weighted by Crippen LogP contribution is 2.48. The lowest BCUT2D eigenvalue weighted by molar-refractivity contribution is -0.229. The van der Waals surface area contributed by atoms with E-state index in [1.165, 1.54) is 13.0 Å². The molecule has 2 saturated heterocycles. The van der Waals surface area contributed by atoms with Gasteiger partial charge in [0.1, 0.15) is 11.5 Å². The SMILES string of the molecule is CCC(C(=O)C(C)C(O)C(C)CCC1C(=[N+]=[N-])C=C(C)C(O)=C1C(=O)O)C1OC(CC)(C2CCC(O)(CC)C(C)O2)CC1C. The first kappa shape index (κ1) is 36.1. The van der Waals surface area contributed by atoms with Crippen LogP contribution < -0.4 is 0 Å². The number of hydrogen-bond acceptors (Lipinski definition) is 7. The van der Waals surface area contributed by atoms with E-state index in [1.807, 2.05) is 27.7 Å². The van der Waals surface area contributed by atoms with Crippen molar-refractivity contribution in [2.45, 2.75) is 142 Å². The molecule has 10 heteroatoms. The Bertz CT molecular complexity index is 1190. The van der Waals surface area contributed by atoms with Crippen molar-refractivity contribution in [3.05, 3.63) is 28.5 Å². The molecule has 1 aliphatic carbocycles. The third-order valence-corrected chi connectivity index (χ3v) is 11.1. The molecule has 0 radical (unpaired) electrons. The van der Waals surface area contributed by atoms with E-state index >= 15 is 0 Å². The van der Waals surface area contributed by atoms with Gasteiger partial charge in [-0.05, 0) is 82.6 Å². The fraction of sp³-hybridized carbons (Fsp3) is 0.794. The predicted molar refractivity (Wildman–Crippen MR) is 166 cm³/mol. The molecule has 2 heterocycles. The number of rotatable bonds is 13. The highest BCUT2D eigenvalue weighted by atomic mass is 16.6. The van der Waals surface area contributed by atoms with Gasteiger partial charge in [-0.15, -0.1) is 0 Å². The summed E-state index contributed by atoms with van der Waals surface area (Å²) in [5.74, 6) is -3.93. The molecule has 0 aromatic heterocycles. The normalized spacial score (nSPS) is 35.5. The Morgan fingerprint density at radius 3 is 2.36 bits per heavy atom. The number of carboxylic acids is 1. The second-order valence-corrected chi connectivity index (χ2v) is 13.7. The zero-order chi connectivity index (χ0) is 33.1. The summed E-state index contributed by atoms with van der Waals surface area (Å²) < 4.78 is 13.2. The molecule has 0 aromatic carbocycles. The minimum Gasteiger partial charge on any atom is -0.507 e. The van der Waals surface area contributed by atoms with E-state index in [-0.39, 0.29) is 59.4 Å². The smallest absolute Gasteiger partial charge is 0.336 e. The molecule has 11 atom stereocenters. The van der Waals surface area contributed by atoms with Gasteiger partial charge in [0.2, 0.25) is 0 Å². The van der Waals surface area contributed by atoms with Crippen molar-refractivity contribution in [1.82, 2.24) is 0 Å². The standard InChI is InChI=1S/C34H54N2O8/c1-9-23(31-20(6)17-34(11-3,44-31)26-14-15-33(42,10-2)22(8)43-26)30(39)21(7)28(37)18(4)12-13-24-25(36-35)16-19(5)29(38)27(24)32(40)41/h16,18,20-24,26,28,31,37-38,42H,9-15,17H2,1-8H3,(H,40,41). The molecule has 248 valence electrons. The number of carboxylic acid groups (broad SMARTS) is 1. The molecule has 10 nitrogen and oxygen atoms in total. The van der Waals surface area contributed by atoms with Crippen LogP contribution in [0.15, 0.2) is 23.0 Å². The number of Topliss-reactive ketones (excluding diaryl/α,β-unsaturated/α-hetero) is 1. The number of aliphatic carboxylic acids is 1. The summed E-state index contributed by atoms with van der Waals surface area (Å²) in [6.07, 6.45) is 4.20. The first-order chi connectivity index (χ1) is 20.6.